The zero-order chi connectivity index (χ0) is 11.1. The van der Waals surface area contributed by atoms with Crippen molar-refractivity contribution in [1.82, 2.24) is 4.98 Å². The van der Waals surface area contributed by atoms with Crippen LogP contribution in [0.3, 0.4) is 0 Å². The van der Waals surface area contributed by atoms with E-state index >= 15 is 0 Å². The highest BCUT2D eigenvalue weighted by atomic mass is 35.6. The van der Waals surface area contributed by atoms with Crippen molar-refractivity contribution in [2.24, 2.45) is 0 Å². The van der Waals surface area contributed by atoms with E-state index in [-0.39, 0.29) is 0 Å². The Labute approximate surface area is 107 Å². The van der Waals surface area contributed by atoms with Crippen molar-refractivity contribution in [2.75, 3.05) is 0 Å². The molecule has 0 aliphatic carbocycles. The lowest BCUT2D eigenvalue weighted by Gasteiger charge is -2.14. The van der Waals surface area contributed by atoms with Gasteiger partial charge in [-0.1, -0.05) is 64.6 Å². The van der Waals surface area contributed by atoms with E-state index in [2.05, 4.69) is 4.98 Å². The maximum Gasteiger partial charge on any atom is 0.216 e. The van der Waals surface area contributed by atoms with E-state index in [1.54, 1.807) is 6.07 Å². The molecule has 5 heteroatoms. The number of rotatable bonds is 0. The van der Waals surface area contributed by atoms with Gasteiger partial charge in [-0.3, -0.25) is 0 Å². The Morgan fingerprint density at radius 3 is 2.40 bits per heavy atom. The second-order valence-corrected chi connectivity index (χ2v) is 5.68. The summed E-state index contributed by atoms with van der Waals surface area (Å²) in [6.07, 6.45) is 0. The Bertz CT molecular complexity index is 504. The van der Waals surface area contributed by atoms with Crippen LogP contribution in [0.25, 0.3) is 10.9 Å². The second-order valence-electron chi connectivity index (χ2n) is 3.01. The molecule has 0 amide bonds. The number of pyridine rings is 1. The Kier molecular flexibility index (Phi) is 3.00. The average molecular weight is 281 g/mol. The van der Waals surface area contributed by atoms with Crippen molar-refractivity contribution >= 4 is 57.3 Å². The van der Waals surface area contributed by atoms with E-state index in [1.807, 2.05) is 24.3 Å². The monoisotopic (exact) mass is 279 g/mol. The number of fused-ring (bicyclic) bond motifs is 1. The van der Waals surface area contributed by atoms with E-state index in [4.69, 9.17) is 46.4 Å². The van der Waals surface area contributed by atoms with Crippen molar-refractivity contribution in [3.63, 3.8) is 0 Å². The van der Waals surface area contributed by atoms with Crippen molar-refractivity contribution < 1.29 is 0 Å². The number of nitrogens with zero attached hydrogens (tertiary/aromatic N) is 1. The molecule has 0 radical (unpaired) electrons. The van der Waals surface area contributed by atoms with Crippen LogP contribution in [0.4, 0.5) is 0 Å². The normalized spacial score (nSPS) is 12.0. The second kappa shape index (κ2) is 3.99. The molecule has 1 nitrogen and oxygen atoms in total. The molecule has 0 atom stereocenters. The number of benzene rings is 1. The maximum atomic E-state index is 5.85. The van der Waals surface area contributed by atoms with Crippen LogP contribution in [0.2, 0.25) is 5.15 Å². The summed E-state index contributed by atoms with van der Waals surface area (Å²) in [7, 11) is 0. The molecule has 0 bridgehead atoms. The zero-order valence-electron chi connectivity index (χ0n) is 7.35. The summed E-state index contributed by atoms with van der Waals surface area (Å²) < 4.78 is -1.49. The molecule has 0 aliphatic rings. The third-order valence-corrected chi connectivity index (χ3v) is 2.79. The number of para-hydroxylation sites is 1. The summed E-state index contributed by atoms with van der Waals surface area (Å²) in [4.78, 5) is 4.14. The van der Waals surface area contributed by atoms with Gasteiger partial charge in [-0.15, -0.1) is 0 Å². The fourth-order valence-corrected chi connectivity index (χ4v) is 2.05. The molecule has 2 aromatic rings. The highest BCUT2D eigenvalue weighted by Crippen LogP contribution is 2.42. The Morgan fingerprint density at radius 1 is 1.07 bits per heavy atom. The predicted molar refractivity (Wildman–Crippen MR) is 66.0 cm³/mol. The highest BCUT2D eigenvalue weighted by molar-refractivity contribution is 6.67. The molecule has 0 fully saturated rings. The molecular weight excluding hydrogens is 276 g/mol. The minimum atomic E-state index is -1.49. The van der Waals surface area contributed by atoms with Crippen LogP contribution in [-0.4, -0.2) is 4.98 Å². The van der Waals surface area contributed by atoms with Crippen LogP contribution in [0, 0.1) is 0 Å². The average Bonchev–Trinajstić information content (AvgIpc) is 2.15. The molecule has 1 heterocycles. The number of aromatic nitrogens is 1. The van der Waals surface area contributed by atoms with Crippen molar-refractivity contribution in [3.8, 4) is 0 Å². The lowest BCUT2D eigenvalue weighted by molar-refractivity contribution is 1.24. The minimum Gasteiger partial charge on any atom is -0.236 e. The third kappa shape index (κ3) is 2.31. The summed E-state index contributed by atoms with van der Waals surface area (Å²) in [6.45, 7) is 0. The molecule has 0 aliphatic heterocycles. The molecule has 0 saturated heterocycles. The summed E-state index contributed by atoms with van der Waals surface area (Å²) >= 11 is 23.4. The topological polar surface area (TPSA) is 12.9 Å². The van der Waals surface area contributed by atoms with Gasteiger partial charge in [0.15, 0.2) is 0 Å². The first-order chi connectivity index (χ1) is 6.98. The highest BCUT2D eigenvalue weighted by Gasteiger charge is 2.25. The summed E-state index contributed by atoms with van der Waals surface area (Å²) in [5, 5.41) is 1.11. The molecule has 0 N–H and O–H groups in total. The molecular formula is C10H5Cl4N. The standard InChI is InChI=1S/C10H5Cl4N/c11-9-5-7(10(12,13)14)6-3-1-2-4-8(6)15-9/h1-5H. The third-order valence-electron chi connectivity index (χ3n) is 1.99. The molecule has 78 valence electrons. The van der Waals surface area contributed by atoms with E-state index in [0.717, 1.165) is 5.39 Å². The predicted octanol–water partition coefficient (Wildman–Crippen LogP) is 4.71. The van der Waals surface area contributed by atoms with Crippen LogP contribution in [0.5, 0.6) is 0 Å². The smallest absolute Gasteiger partial charge is 0.216 e. The Balaban J connectivity index is 2.83. The van der Waals surface area contributed by atoms with Gasteiger partial charge in [-0.05, 0) is 12.1 Å². The number of halogens is 4. The van der Waals surface area contributed by atoms with E-state index in [0.29, 0.717) is 16.2 Å². The molecule has 0 saturated carbocycles. The molecule has 0 spiro atoms. The minimum absolute atomic E-state index is 0.315. The van der Waals surface area contributed by atoms with E-state index < -0.39 is 3.79 Å². The first-order valence-electron chi connectivity index (χ1n) is 4.11. The lowest BCUT2D eigenvalue weighted by atomic mass is 10.1. The fraction of sp³-hybridized carbons (Fsp3) is 0.100. The maximum absolute atomic E-state index is 5.85. The molecule has 15 heavy (non-hydrogen) atoms. The number of alkyl halides is 3. The first-order valence-corrected chi connectivity index (χ1v) is 5.62. The molecule has 2 rings (SSSR count). The molecule has 0 unspecified atom stereocenters. The largest absolute Gasteiger partial charge is 0.236 e. The molecule has 1 aromatic carbocycles. The van der Waals surface area contributed by atoms with Crippen molar-refractivity contribution in [2.45, 2.75) is 3.79 Å². The van der Waals surface area contributed by atoms with Gasteiger partial charge in [0.1, 0.15) is 5.15 Å². The Morgan fingerprint density at radius 2 is 1.73 bits per heavy atom. The van der Waals surface area contributed by atoms with Gasteiger partial charge in [-0.2, -0.15) is 0 Å². The fourth-order valence-electron chi connectivity index (χ4n) is 1.38. The lowest BCUT2D eigenvalue weighted by Crippen LogP contribution is -2.02. The van der Waals surface area contributed by atoms with E-state index in [9.17, 15) is 0 Å². The van der Waals surface area contributed by atoms with Gasteiger partial charge >= 0.3 is 0 Å². The van der Waals surface area contributed by atoms with Gasteiger partial charge < -0.3 is 0 Å². The van der Waals surface area contributed by atoms with Crippen molar-refractivity contribution in [3.05, 3.63) is 41.0 Å². The SMILES string of the molecule is Clc1cc(C(Cl)(Cl)Cl)c2ccccc2n1. The summed E-state index contributed by atoms with van der Waals surface area (Å²) in [5.74, 6) is 0. The van der Waals surface area contributed by atoms with Crippen LogP contribution in [0.1, 0.15) is 5.56 Å². The van der Waals surface area contributed by atoms with Crippen LogP contribution in [0.15, 0.2) is 30.3 Å². The van der Waals surface area contributed by atoms with Gasteiger partial charge in [0, 0.05) is 10.9 Å². The number of hydrogen-bond donors (Lipinski definition) is 0. The van der Waals surface area contributed by atoms with Crippen LogP contribution >= 0.6 is 46.4 Å². The Hall–Kier alpha value is -0.210. The van der Waals surface area contributed by atoms with Gasteiger partial charge in [0.25, 0.3) is 0 Å². The van der Waals surface area contributed by atoms with Crippen molar-refractivity contribution in [1.29, 1.82) is 0 Å². The zero-order valence-corrected chi connectivity index (χ0v) is 10.4. The van der Waals surface area contributed by atoms with Crippen LogP contribution < -0.4 is 0 Å². The quantitative estimate of drug-likeness (QED) is 0.503. The van der Waals surface area contributed by atoms with Gasteiger partial charge in [-0.25, -0.2) is 4.98 Å². The van der Waals surface area contributed by atoms with Gasteiger partial charge in [0.05, 0.1) is 5.52 Å². The summed E-state index contributed by atoms with van der Waals surface area (Å²) in [5.41, 5.74) is 1.26. The van der Waals surface area contributed by atoms with Crippen LogP contribution in [-0.2, 0) is 3.79 Å². The molecule has 1 aromatic heterocycles. The number of hydrogen-bond acceptors (Lipinski definition) is 1. The van der Waals surface area contributed by atoms with E-state index in [1.165, 1.54) is 0 Å². The first kappa shape index (κ1) is 11.3. The summed E-state index contributed by atoms with van der Waals surface area (Å²) in [6, 6.07) is 8.94. The van der Waals surface area contributed by atoms with Gasteiger partial charge in [0.2, 0.25) is 3.79 Å².